The van der Waals surface area contributed by atoms with E-state index in [0.717, 1.165) is 12.5 Å². The van der Waals surface area contributed by atoms with E-state index >= 15 is 0 Å². The summed E-state index contributed by atoms with van der Waals surface area (Å²) in [4.78, 5) is 13.8. The zero-order valence-corrected chi connectivity index (χ0v) is 11.7. The average molecular weight is 283 g/mol. The van der Waals surface area contributed by atoms with Crippen LogP contribution in [0.5, 0.6) is 0 Å². The minimum atomic E-state index is -0.836. The number of carbonyl (C=O) groups is 1. The van der Waals surface area contributed by atoms with Crippen molar-refractivity contribution >= 4 is 5.91 Å². The predicted molar refractivity (Wildman–Crippen MR) is 71.4 cm³/mol. The Labute approximate surface area is 117 Å². The molecule has 1 N–H and O–H groups in total. The van der Waals surface area contributed by atoms with Gasteiger partial charge in [0.15, 0.2) is 0 Å². The van der Waals surface area contributed by atoms with Crippen molar-refractivity contribution in [1.82, 2.24) is 4.90 Å². The van der Waals surface area contributed by atoms with Gasteiger partial charge in [-0.2, -0.15) is 0 Å². The number of amides is 1. The summed E-state index contributed by atoms with van der Waals surface area (Å²) in [5.74, 6) is -2.30. The fraction of sp³-hybridized carbons (Fsp3) is 0.533. The number of carbonyl (C=O) groups excluding carboxylic acids is 1. The van der Waals surface area contributed by atoms with Crippen molar-refractivity contribution in [3.63, 3.8) is 0 Å². The number of hydrogen-bond acceptors (Lipinski definition) is 2. The lowest BCUT2D eigenvalue weighted by molar-refractivity contribution is 0.0224. The van der Waals surface area contributed by atoms with Crippen LogP contribution in [-0.4, -0.2) is 35.1 Å². The highest BCUT2D eigenvalue weighted by Gasteiger charge is 2.32. The minimum absolute atomic E-state index is 0.0383. The first-order valence-electron chi connectivity index (χ1n) is 6.87. The zero-order valence-electron chi connectivity index (χ0n) is 11.7. The number of piperidine rings is 1. The molecule has 0 spiro atoms. The summed E-state index contributed by atoms with van der Waals surface area (Å²) in [5.41, 5.74) is -0.241. The summed E-state index contributed by atoms with van der Waals surface area (Å²) >= 11 is 0. The van der Waals surface area contributed by atoms with Gasteiger partial charge in [0.05, 0.1) is 6.10 Å². The SMILES string of the molecule is CCC1CN(C(=O)c2c(F)ccc(C)c2F)CCC1O. The van der Waals surface area contributed by atoms with Crippen LogP contribution in [-0.2, 0) is 0 Å². The van der Waals surface area contributed by atoms with Crippen molar-refractivity contribution in [2.45, 2.75) is 32.8 Å². The van der Waals surface area contributed by atoms with Gasteiger partial charge in [-0.25, -0.2) is 8.78 Å². The highest BCUT2D eigenvalue weighted by atomic mass is 19.1. The van der Waals surface area contributed by atoms with Crippen molar-refractivity contribution in [3.05, 3.63) is 34.9 Å². The largest absolute Gasteiger partial charge is 0.393 e. The van der Waals surface area contributed by atoms with Gasteiger partial charge < -0.3 is 10.0 Å². The molecular formula is C15H19F2NO2. The monoisotopic (exact) mass is 283 g/mol. The van der Waals surface area contributed by atoms with E-state index in [9.17, 15) is 18.7 Å². The van der Waals surface area contributed by atoms with E-state index in [1.807, 2.05) is 6.92 Å². The second-order valence-electron chi connectivity index (χ2n) is 5.33. The zero-order chi connectivity index (χ0) is 14.9. The van der Waals surface area contributed by atoms with E-state index < -0.39 is 29.2 Å². The topological polar surface area (TPSA) is 40.5 Å². The third-order valence-corrected chi connectivity index (χ3v) is 4.00. The van der Waals surface area contributed by atoms with E-state index in [1.165, 1.54) is 17.9 Å². The smallest absolute Gasteiger partial charge is 0.259 e. The standard InChI is InChI=1S/C15H19F2NO2/c1-3-10-8-18(7-6-12(10)19)15(20)13-11(16)5-4-9(2)14(13)17/h4-5,10,12,19H,3,6-8H2,1-2H3. The third-order valence-electron chi connectivity index (χ3n) is 4.00. The highest BCUT2D eigenvalue weighted by molar-refractivity contribution is 5.95. The number of nitrogens with zero attached hydrogens (tertiary/aromatic N) is 1. The number of aryl methyl sites for hydroxylation is 1. The van der Waals surface area contributed by atoms with Gasteiger partial charge in [0.2, 0.25) is 0 Å². The summed E-state index contributed by atoms with van der Waals surface area (Å²) in [7, 11) is 0. The Morgan fingerprint density at radius 1 is 1.45 bits per heavy atom. The van der Waals surface area contributed by atoms with Crippen molar-refractivity contribution in [2.24, 2.45) is 5.92 Å². The number of aliphatic hydroxyl groups excluding tert-OH is 1. The summed E-state index contributed by atoms with van der Waals surface area (Å²) in [5, 5.41) is 9.81. The Balaban J connectivity index is 2.26. The first kappa shape index (κ1) is 14.9. The molecule has 0 radical (unpaired) electrons. The lowest BCUT2D eigenvalue weighted by Gasteiger charge is -2.36. The fourth-order valence-electron chi connectivity index (χ4n) is 2.62. The maximum atomic E-state index is 14.0. The van der Waals surface area contributed by atoms with E-state index in [-0.39, 0.29) is 11.5 Å². The van der Waals surface area contributed by atoms with Gasteiger partial charge >= 0.3 is 0 Å². The molecule has 1 aliphatic rings. The fourth-order valence-corrected chi connectivity index (χ4v) is 2.62. The molecule has 1 amide bonds. The van der Waals surface area contributed by atoms with Crippen LogP contribution in [0.25, 0.3) is 0 Å². The molecule has 1 aliphatic heterocycles. The molecule has 0 bridgehead atoms. The van der Waals surface area contributed by atoms with Crippen LogP contribution in [0.3, 0.4) is 0 Å². The molecule has 0 aromatic heterocycles. The predicted octanol–water partition coefficient (Wildman–Crippen LogP) is 2.51. The van der Waals surface area contributed by atoms with E-state index in [1.54, 1.807) is 0 Å². The maximum Gasteiger partial charge on any atom is 0.259 e. The van der Waals surface area contributed by atoms with Gasteiger partial charge in [-0.1, -0.05) is 13.0 Å². The normalized spacial score (nSPS) is 22.9. The molecule has 0 aliphatic carbocycles. The van der Waals surface area contributed by atoms with Crippen molar-refractivity contribution in [1.29, 1.82) is 0 Å². The number of halogens is 2. The van der Waals surface area contributed by atoms with Crippen LogP contribution < -0.4 is 0 Å². The van der Waals surface area contributed by atoms with Crippen molar-refractivity contribution < 1.29 is 18.7 Å². The van der Waals surface area contributed by atoms with Gasteiger partial charge in [-0.3, -0.25) is 4.79 Å². The second kappa shape index (κ2) is 5.87. The Kier molecular flexibility index (Phi) is 4.38. The van der Waals surface area contributed by atoms with Crippen LogP contribution in [0.2, 0.25) is 0 Å². The molecule has 1 saturated heterocycles. The molecule has 2 atom stereocenters. The van der Waals surface area contributed by atoms with Crippen LogP contribution in [0, 0.1) is 24.5 Å². The molecule has 1 aromatic carbocycles. The summed E-state index contributed by atoms with van der Waals surface area (Å²) in [6, 6.07) is 2.43. The highest BCUT2D eigenvalue weighted by Crippen LogP contribution is 2.24. The van der Waals surface area contributed by atoms with Gasteiger partial charge in [-0.15, -0.1) is 0 Å². The number of aliphatic hydroxyl groups is 1. The average Bonchev–Trinajstić information content (AvgIpc) is 2.43. The Morgan fingerprint density at radius 2 is 2.15 bits per heavy atom. The van der Waals surface area contributed by atoms with Crippen LogP contribution in [0.15, 0.2) is 12.1 Å². The molecule has 3 nitrogen and oxygen atoms in total. The van der Waals surface area contributed by atoms with Gasteiger partial charge in [0.1, 0.15) is 17.2 Å². The van der Waals surface area contributed by atoms with Crippen LogP contribution >= 0.6 is 0 Å². The van der Waals surface area contributed by atoms with Crippen molar-refractivity contribution in [2.75, 3.05) is 13.1 Å². The maximum absolute atomic E-state index is 14.0. The Bertz CT molecular complexity index is 519. The molecule has 1 heterocycles. The molecule has 5 heteroatoms. The molecular weight excluding hydrogens is 264 g/mol. The first-order chi connectivity index (χ1) is 9.45. The van der Waals surface area contributed by atoms with Crippen molar-refractivity contribution in [3.8, 4) is 0 Å². The quantitative estimate of drug-likeness (QED) is 0.906. The second-order valence-corrected chi connectivity index (χ2v) is 5.33. The lowest BCUT2D eigenvalue weighted by atomic mass is 9.92. The van der Waals surface area contributed by atoms with Gasteiger partial charge in [-0.05, 0) is 31.4 Å². The van der Waals surface area contributed by atoms with E-state index in [2.05, 4.69) is 0 Å². The van der Waals surface area contributed by atoms with Gasteiger partial charge in [0, 0.05) is 19.0 Å². The first-order valence-corrected chi connectivity index (χ1v) is 6.87. The van der Waals surface area contributed by atoms with Crippen LogP contribution in [0.1, 0.15) is 35.7 Å². The Morgan fingerprint density at radius 3 is 2.80 bits per heavy atom. The number of benzene rings is 1. The summed E-state index contributed by atoms with van der Waals surface area (Å²) in [6.45, 7) is 4.09. The summed E-state index contributed by atoms with van der Waals surface area (Å²) in [6.07, 6.45) is 0.722. The van der Waals surface area contributed by atoms with E-state index in [4.69, 9.17) is 0 Å². The third kappa shape index (κ3) is 2.68. The van der Waals surface area contributed by atoms with Gasteiger partial charge in [0.25, 0.3) is 5.91 Å². The molecule has 110 valence electrons. The number of likely N-dealkylation sites (tertiary alicyclic amines) is 1. The molecule has 1 fully saturated rings. The van der Waals surface area contributed by atoms with E-state index in [0.29, 0.717) is 19.5 Å². The molecule has 20 heavy (non-hydrogen) atoms. The van der Waals surface area contributed by atoms with Crippen LogP contribution in [0.4, 0.5) is 8.78 Å². The lowest BCUT2D eigenvalue weighted by Crippen LogP contribution is -2.46. The summed E-state index contributed by atoms with van der Waals surface area (Å²) < 4.78 is 27.7. The molecule has 0 saturated carbocycles. The molecule has 1 aromatic rings. The molecule has 2 unspecified atom stereocenters. The minimum Gasteiger partial charge on any atom is -0.393 e. The molecule has 2 rings (SSSR count). The number of hydrogen-bond donors (Lipinski definition) is 1. The number of rotatable bonds is 2. The Hall–Kier alpha value is -1.49.